The number of hydrogen-bond acceptors (Lipinski definition) is 3. The molecule has 88 valence electrons. The van der Waals surface area contributed by atoms with Crippen LogP contribution < -0.4 is 5.32 Å². The fraction of sp³-hybridized carbons (Fsp3) is 0. The summed E-state index contributed by atoms with van der Waals surface area (Å²) in [5, 5.41) is 11.3. The summed E-state index contributed by atoms with van der Waals surface area (Å²) >= 11 is 0. The Labute approximate surface area is 103 Å². The first kappa shape index (κ1) is 11.7. The van der Waals surface area contributed by atoms with Gasteiger partial charge in [-0.3, -0.25) is 9.78 Å². The number of pyridine rings is 1. The standard InChI is InChI=1S/C13H8FN3O/c14-10-1-3-11(4-2-10)17-13(18)12-7-9(8-15)5-6-16-12/h1-7H,(H,17,18). The molecule has 0 aliphatic carbocycles. The maximum absolute atomic E-state index is 12.7. The van der Waals surface area contributed by atoms with Gasteiger partial charge < -0.3 is 5.32 Å². The van der Waals surface area contributed by atoms with Crippen LogP contribution in [0.4, 0.5) is 10.1 Å². The summed E-state index contributed by atoms with van der Waals surface area (Å²) in [4.78, 5) is 15.7. The topological polar surface area (TPSA) is 65.8 Å². The van der Waals surface area contributed by atoms with Gasteiger partial charge in [-0.05, 0) is 36.4 Å². The number of carbonyl (C=O) groups is 1. The van der Waals surface area contributed by atoms with Gasteiger partial charge in [0.2, 0.25) is 0 Å². The summed E-state index contributed by atoms with van der Waals surface area (Å²) < 4.78 is 12.7. The van der Waals surface area contributed by atoms with Crippen LogP contribution in [0.2, 0.25) is 0 Å². The molecule has 0 spiro atoms. The minimum absolute atomic E-state index is 0.137. The zero-order chi connectivity index (χ0) is 13.0. The molecular weight excluding hydrogens is 233 g/mol. The average Bonchev–Trinajstić information content (AvgIpc) is 2.41. The van der Waals surface area contributed by atoms with Crippen molar-refractivity contribution >= 4 is 11.6 Å². The van der Waals surface area contributed by atoms with Gasteiger partial charge in [0.1, 0.15) is 11.5 Å². The van der Waals surface area contributed by atoms with E-state index in [1.165, 1.54) is 42.6 Å². The third-order valence-corrected chi connectivity index (χ3v) is 2.22. The van der Waals surface area contributed by atoms with E-state index in [1.54, 1.807) is 0 Å². The Morgan fingerprint density at radius 1 is 1.28 bits per heavy atom. The van der Waals surface area contributed by atoms with E-state index in [9.17, 15) is 9.18 Å². The van der Waals surface area contributed by atoms with Crippen molar-refractivity contribution in [1.29, 1.82) is 5.26 Å². The number of rotatable bonds is 2. The molecule has 1 aromatic heterocycles. The number of carbonyl (C=O) groups excluding carboxylic acids is 1. The number of amides is 1. The summed E-state index contributed by atoms with van der Waals surface area (Å²) in [5.74, 6) is -0.823. The third kappa shape index (κ3) is 2.68. The monoisotopic (exact) mass is 241 g/mol. The number of anilines is 1. The van der Waals surface area contributed by atoms with Gasteiger partial charge >= 0.3 is 0 Å². The third-order valence-electron chi connectivity index (χ3n) is 2.22. The predicted octanol–water partition coefficient (Wildman–Crippen LogP) is 2.34. The minimum Gasteiger partial charge on any atom is -0.321 e. The predicted molar refractivity (Wildman–Crippen MR) is 63.3 cm³/mol. The van der Waals surface area contributed by atoms with Crippen LogP contribution in [-0.2, 0) is 0 Å². The zero-order valence-corrected chi connectivity index (χ0v) is 9.22. The molecule has 0 saturated heterocycles. The van der Waals surface area contributed by atoms with E-state index < -0.39 is 5.91 Å². The molecule has 0 aliphatic rings. The van der Waals surface area contributed by atoms with E-state index >= 15 is 0 Å². The second-order valence-corrected chi connectivity index (χ2v) is 3.50. The van der Waals surface area contributed by atoms with Crippen LogP contribution in [0.15, 0.2) is 42.6 Å². The fourth-order valence-corrected chi connectivity index (χ4v) is 1.35. The molecule has 0 unspecified atom stereocenters. The molecule has 0 aliphatic heterocycles. The van der Waals surface area contributed by atoms with E-state index in [0.717, 1.165) is 0 Å². The molecule has 1 aromatic carbocycles. The van der Waals surface area contributed by atoms with Crippen molar-refractivity contribution < 1.29 is 9.18 Å². The number of halogens is 1. The van der Waals surface area contributed by atoms with Crippen molar-refractivity contribution in [2.75, 3.05) is 5.32 Å². The van der Waals surface area contributed by atoms with Crippen molar-refractivity contribution in [3.63, 3.8) is 0 Å². The van der Waals surface area contributed by atoms with Gasteiger partial charge in [0.05, 0.1) is 11.6 Å². The second kappa shape index (κ2) is 5.06. The highest BCUT2D eigenvalue weighted by atomic mass is 19.1. The number of nitriles is 1. The fourth-order valence-electron chi connectivity index (χ4n) is 1.35. The van der Waals surface area contributed by atoms with E-state index in [0.29, 0.717) is 11.3 Å². The van der Waals surface area contributed by atoms with Crippen molar-refractivity contribution in [1.82, 2.24) is 4.98 Å². The largest absolute Gasteiger partial charge is 0.321 e. The molecular formula is C13H8FN3O. The molecule has 18 heavy (non-hydrogen) atoms. The van der Waals surface area contributed by atoms with E-state index in [1.807, 2.05) is 6.07 Å². The molecule has 5 heteroatoms. The summed E-state index contributed by atoms with van der Waals surface area (Å²) in [6, 6.07) is 10.2. The molecule has 1 amide bonds. The smallest absolute Gasteiger partial charge is 0.274 e. The van der Waals surface area contributed by atoms with Crippen molar-refractivity contribution in [3.05, 3.63) is 59.7 Å². The van der Waals surface area contributed by atoms with E-state index in [-0.39, 0.29) is 11.5 Å². The molecule has 0 radical (unpaired) electrons. The van der Waals surface area contributed by atoms with Crippen molar-refractivity contribution in [3.8, 4) is 6.07 Å². The lowest BCUT2D eigenvalue weighted by molar-refractivity contribution is 0.102. The minimum atomic E-state index is -0.446. The van der Waals surface area contributed by atoms with Crippen molar-refractivity contribution in [2.45, 2.75) is 0 Å². The Hall–Kier alpha value is -2.74. The highest BCUT2D eigenvalue weighted by Crippen LogP contribution is 2.10. The number of nitrogens with zero attached hydrogens (tertiary/aromatic N) is 2. The van der Waals surface area contributed by atoms with Crippen LogP contribution in [0.3, 0.4) is 0 Å². The lowest BCUT2D eigenvalue weighted by Crippen LogP contribution is -2.13. The van der Waals surface area contributed by atoms with Gasteiger partial charge in [0.15, 0.2) is 0 Å². The summed E-state index contributed by atoms with van der Waals surface area (Å²) in [7, 11) is 0. The number of aromatic nitrogens is 1. The maximum atomic E-state index is 12.7. The molecule has 0 atom stereocenters. The zero-order valence-electron chi connectivity index (χ0n) is 9.22. The Morgan fingerprint density at radius 2 is 2.00 bits per heavy atom. The van der Waals surface area contributed by atoms with Gasteiger partial charge in [-0.15, -0.1) is 0 Å². The molecule has 0 saturated carbocycles. The van der Waals surface area contributed by atoms with Crippen LogP contribution in [0.25, 0.3) is 0 Å². The van der Waals surface area contributed by atoms with Crippen LogP contribution in [0.1, 0.15) is 16.1 Å². The van der Waals surface area contributed by atoms with E-state index in [4.69, 9.17) is 5.26 Å². The normalized spacial score (nSPS) is 9.56. The number of benzene rings is 1. The summed E-state index contributed by atoms with van der Waals surface area (Å²) in [5.41, 5.74) is 0.957. The van der Waals surface area contributed by atoms with Crippen molar-refractivity contribution in [2.24, 2.45) is 0 Å². The van der Waals surface area contributed by atoms with Crippen LogP contribution in [0, 0.1) is 17.1 Å². The van der Waals surface area contributed by atoms with Gasteiger partial charge in [0.25, 0.3) is 5.91 Å². The molecule has 2 aromatic rings. The Kier molecular flexibility index (Phi) is 3.30. The van der Waals surface area contributed by atoms with Gasteiger partial charge in [-0.2, -0.15) is 5.26 Å². The SMILES string of the molecule is N#Cc1ccnc(C(=O)Nc2ccc(F)cc2)c1. The number of hydrogen-bond donors (Lipinski definition) is 1. The number of nitrogens with one attached hydrogen (secondary N) is 1. The molecule has 1 heterocycles. The second-order valence-electron chi connectivity index (χ2n) is 3.50. The highest BCUT2D eigenvalue weighted by Gasteiger charge is 2.08. The lowest BCUT2D eigenvalue weighted by atomic mass is 10.2. The average molecular weight is 241 g/mol. The highest BCUT2D eigenvalue weighted by molar-refractivity contribution is 6.02. The Bertz CT molecular complexity index is 617. The van der Waals surface area contributed by atoms with E-state index in [2.05, 4.69) is 10.3 Å². The van der Waals surface area contributed by atoms with Crippen LogP contribution >= 0.6 is 0 Å². The summed E-state index contributed by atoms with van der Waals surface area (Å²) in [6.45, 7) is 0. The molecule has 1 N–H and O–H groups in total. The molecule has 4 nitrogen and oxygen atoms in total. The maximum Gasteiger partial charge on any atom is 0.274 e. The lowest BCUT2D eigenvalue weighted by Gasteiger charge is -2.04. The molecule has 2 rings (SSSR count). The van der Waals surface area contributed by atoms with Gasteiger partial charge in [0, 0.05) is 11.9 Å². The first-order chi connectivity index (χ1) is 8.69. The van der Waals surface area contributed by atoms with Crippen LogP contribution in [-0.4, -0.2) is 10.9 Å². The summed E-state index contributed by atoms with van der Waals surface area (Å²) in [6.07, 6.45) is 1.39. The van der Waals surface area contributed by atoms with Crippen LogP contribution in [0.5, 0.6) is 0 Å². The Balaban J connectivity index is 2.17. The first-order valence-electron chi connectivity index (χ1n) is 5.12. The first-order valence-corrected chi connectivity index (χ1v) is 5.12. The van der Waals surface area contributed by atoms with Gasteiger partial charge in [-0.1, -0.05) is 0 Å². The molecule has 0 fully saturated rings. The van der Waals surface area contributed by atoms with Gasteiger partial charge in [-0.25, -0.2) is 4.39 Å². The quantitative estimate of drug-likeness (QED) is 0.877. The molecule has 0 bridgehead atoms. The Morgan fingerprint density at radius 3 is 2.67 bits per heavy atom.